The fourth-order valence-corrected chi connectivity index (χ4v) is 7.09. The van der Waals surface area contributed by atoms with Crippen molar-refractivity contribution in [2.75, 3.05) is 7.11 Å². The van der Waals surface area contributed by atoms with Gasteiger partial charge >= 0.3 is 5.97 Å². The number of halogens is 1. The number of carbonyl (C=O) groups is 1. The van der Waals surface area contributed by atoms with E-state index >= 15 is 0 Å². The topological polar surface area (TPSA) is 83.0 Å². The van der Waals surface area contributed by atoms with Crippen LogP contribution in [0.15, 0.2) is 74.9 Å². The van der Waals surface area contributed by atoms with E-state index < -0.39 is 29.1 Å². The summed E-state index contributed by atoms with van der Waals surface area (Å²) in [5.74, 6) is 0.850. The Morgan fingerprint density at radius 1 is 1.19 bits per heavy atom. The van der Waals surface area contributed by atoms with Gasteiger partial charge in [-0.2, -0.15) is 0 Å². The summed E-state index contributed by atoms with van der Waals surface area (Å²) < 4.78 is 19.7. The molecule has 1 fully saturated rings. The molecule has 0 N–H and O–H groups in total. The molecule has 36 heavy (non-hydrogen) atoms. The summed E-state index contributed by atoms with van der Waals surface area (Å²) in [6.45, 7) is 1.90. The van der Waals surface area contributed by atoms with E-state index in [9.17, 15) is 9.59 Å². The van der Waals surface area contributed by atoms with Crippen LogP contribution in [0.4, 0.5) is 0 Å². The molecule has 2 aromatic carbocycles. The molecule has 0 amide bonds. The second-order valence-electron chi connectivity index (χ2n) is 9.33. The average molecular weight is 519 g/mol. The van der Waals surface area contributed by atoms with Gasteiger partial charge in [0, 0.05) is 22.2 Å². The van der Waals surface area contributed by atoms with E-state index in [1.54, 1.807) is 16.7 Å². The van der Waals surface area contributed by atoms with E-state index in [2.05, 4.69) is 0 Å². The average Bonchev–Trinajstić information content (AvgIpc) is 3.28. The summed E-state index contributed by atoms with van der Waals surface area (Å²) >= 11 is 7.39. The first-order valence-corrected chi connectivity index (χ1v) is 12.6. The number of fused-ring (bicyclic) bond motifs is 4. The molecule has 0 unspecified atom stereocenters. The monoisotopic (exact) mass is 518 g/mol. The number of para-hydroxylation sites is 1. The van der Waals surface area contributed by atoms with Crippen molar-refractivity contribution in [3.8, 4) is 17.1 Å². The Morgan fingerprint density at radius 3 is 2.83 bits per heavy atom. The molecule has 4 atom stereocenters. The van der Waals surface area contributed by atoms with Crippen molar-refractivity contribution in [1.29, 1.82) is 0 Å². The van der Waals surface area contributed by atoms with Crippen LogP contribution in [0.25, 0.3) is 17.4 Å². The summed E-state index contributed by atoms with van der Waals surface area (Å²) in [7, 11) is 1.36. The number of thiazole rings is 1. The van der Waals surface area contributed by atoms with Crippen LogP contribution in [0.5, 0.6) is 5.75 Å². The molecule has 0 saturated heterocycles. The number of nitrogens with zero attached hydrogens (tertiary/aromatic N) is 2. The van der Waals surface area contributed by atoms with Gasteiger partial charge in [0.05, 0.1) is 11.6 Å². The fraction of sp³-hybridized carbons (Fsp3) is 0.222. The smallest absolute Gasteiger partial charge is 0.315 e. The molecule has 7 rings (SSSR count). The minimum Gasteiger partial charge on any atom is -0.481 e. The zero-order valence-electron chi connectivity index (χ0n) is 19.2. The fourth-order valence-electron chi connectivity index (χ4n) is 5.82. The highest BCUT2D eigenvalue weighted by atomic mass is 35.5. The lowest BCUT2D eigenvalue weighted by Gasteiger charge is -2.26. The molecule has 1 saturated carbocycles. The molecule has 2 aromatic heterocycles. The van der Waals surface area contributed by atoms with Gasteiger partial charge in [0.15, 0.2) is 10.4 Å². The van der Waals surface area contributed by atoms with Gasteiger partial charge in [0.1, 0.15) is 34.8 Å². The SMILES string of the molecule is COC(=O)[C@H]1[C@@]23Oc4ccccc4[C@H]2n2c(s/c(=C\c4ccc(-c5cccc(Cl)c5)o4)c2=O)=N[C@@]13C. The van der Waals surface area contributed by atoms with Crippen LogP contribution in [0.3, 0.4) is 0 Å². The first kappa shape index (κ1) is 21.6. The number of benzene rings is 2. The number of carbonyl (C=O) groups excluding carboxylic acids is 1. The van der Waals surface area contributed by atoms with E-state index in [-0.39, 0.29) is 5.56 Å². The van der Waals surface area contributed by atoms with Crippen LogP contribution in [-0.2, 0) is 9.53 Å². The summed E-state index contributed by atoms with van der Waals surface area (Å²) in [5, 5.41) is 0.616. The van der Waals surface area contributed by atoms with Crippen molar-refractivity contribution in [2.45, 2.75) is 24.1 Å². The number of hydrogen-bond acceptors (Lipinski definition) is 7. The van der Waals surface area contributed by atoms with Gasteiger partial charge in [-0.25, -0.2) is 4.99 Å². The maximum absolute atomic E-state index is 13.8. The molecule has 4 heterocycles. The lowest BCUT2D eigenvalue weighted by molar-refractivity contribution is -0.144. The molecular formula is C27H19ClN2O5S. The Kier molecular flexibility index (Phi) is 4.34. The number of methoxy groups -OCH3 is 1. The predicted octanol–water partition coefficient (Wildman–Crippen LogP) is 3.57. The molecule has 0 radical (unpaired) electrons. The molecule has 0 bridgehead atoms. The Bertz CT molecular complexity index is 1770. The van der Waals surface area contributed by atoms with Gasteiger partial charge in [0.2, 0.25) is 0 Å². The van der Waals surface area contributed by atoms with E-state index in [1.807, 2.05) is 61.5 Å². The molecule has 9 heteroatoms. The highest BCUT2D eigenvalue weighted by molar-refractivity contribution is 7.07. The van der Waals surface area contributed by atoms with E-state index in [1.165, 1.54) is 18.4 Å². The molecule has 1 spiro atoms. The quantitative estimate of drug-likeness (QED) is 0.387. The van der Waals surface area contributed by atoms with Gasteiger partial charge in [-0.1, -0.05) is 53.3 Å². The summed E-state index contributed by atoms with van der Waals surface area (Å²) in [6.07, 6.45) is 1.72. The lowest BCUT2D eigenvalue weighted by atomic mass is 9.97. The van der Waals surface area contributed by atoms with Crippen LogP contribution in [-0.4, -0.2) is 28.8 Å². The van der Waals surface area contributed by atoms with Crippen LogP contribution in [0.2, 0.25) is 5.02 Å². The zero-order chi connectivity index (χ0) is 24.8. The number of rotatable bonds is 3. The first-order chi connectivity index (χ1) is 17.4. The molecule has 7 nitrogen and oxygen atoms in total. The molecule has 1 aliphatic carbocycles. The van der Waals surface area contributed by atoms with Crippen molar-refractivity contribution >= 4 is 35.0 Å². The second-order valence-corrected chi connectivity index (χ2v) is 10.8. The van der Waals surface area contributed by atoms with Gasteiger partial charge < -0.3 is 13.9 Å². The highest BCUT2D eigenvalue weighted by Gasteiger charge is 2.88. The zero-order valence-corrected chi connectivity index (χ0v) is 20.8. The molecule has 4 aromatic rings. The minimum atomic E-state index is -0.997. The Hall–Kier alpha value is -3.62. The number of aromatic nitrogens is 1. The third-order valence-electron chi connectivity index (χ3n) is 7.47. The van der Waals surface area contributed by atoms with Crippen LogP contribution in [0, 0.1) is 5.92 Å². The number of esters is 1. The maximum atomic E-state index is 13.8. The summed E-state index contributed by atoms with van der Waals surface area (Å²) in [5.41, 5.74) is -0.338. The molecule has 2 aliphatic heterocycles. The molecular weight excluding hydrogens is 500 g/mol. The Labute approximate surface area is 213 Å². The number of hydrogen-bond donors (Lipinski definition) is 0. The second kappa shape index (κ2) is 7.21. The van der Waals surface area contributed by atoms with Crippen molar-refractivity contribution in [2.24, 2.45) is 10.9 Å². The van der Waals surface area contributed by atoms with Gasteiger partial charge in [-0.15, -0.1) is 0 Å². The van der Waals surface area contributed by atoms with Crippen molar-refractivity contribution in [3.63, 3.8) is 0 Å². The summed E-state index contributed by atoms with van der Waals surface area (Å²) in [6, 6.07) is 18.2. The van der Waals surface area contributed by atoms with Gasteiger partial charge in [-0.3, -0.25) is 14.2 Å². The van der Waals surface area contributed by atoms with Crippen LogP contribution >= 0.6 is 22.9 Å². The number of furan rings is 1. The van der Waals surface area contributed by atoms with Crippen molar-refractivity contribution in [1.82, 2.24) is 4.57 Å². The van der Waals surface area contributed by atoms with Crippen molar-refractivity contribution < 1.29 is 18.7 Å². The maximum Gasteiger partial charge on any atom is 0.315 e. The van der Waals surface area contributed by atoms with E-state index in [0.29, 0.717) is 31.6 Å². The largest absolute Gasteiger partial charge is 0.481 e. The summed E-state index contributed by atoms with van der Waals surface area (Å²) in [4.78, 5) is 32.0. The Morgan fingerprint density at radius 2 is 2.03 bits per heavy atom. The van der Waals surface area contributed by atoms with E-state index in [0.717, 1.165) is 11.1 Å². The van der Waals surface area contributed by atoms with E-state index in [4.69, 9.17) is 30.5 Å². The molecule has 180 valence electrons. The third kappa shape index (κ3) is 2.66. The lowest BCUT2D eigenvalue weighted by Crippen LogP contribution is -2.47. The Balaban J connectivity index is 1.39. The first-order valence-electron chi connectivity index (χ1n) is 11.4. The van der Waals surface area contributed by atoms with Crippen LogP contribution < -0.4 is 19.6 Å². The van der Waals surface area contributed by atoms with Crippen molar-refractivity contribution in [3.05, 3.63) is 96.7 Å². The minimum absolute atomic E-state index is 0.207. The number of ether oxygens (including phenoxy) is 2. The van der Waals surface area contributed by atoms with Gasteiger partial charge in [0.25, 0.3) is 5.56 Å². The van der Waals surface area contributed by atoms with Gasteiger partial charge in [-0.05, 0) is 37.3 Å². The normalized spacial score (nSPS) is 27.2. The van der Waals surface area contributed by atoms with Crippen LogP contribution in [0.1, 0.15) is 24.3 Å². The molecule has 3 aliphatic rings. The third-order valence-corrected chi connectivity index (χ3v) is 8.68. The predicted molar refractivity (Wildman–Crippen MR) is 134 cm³/mol. The highest BCUT2D eigenvalue weighted by Crippen LogP contribution is 2.70. The standard InChI is InChI=1S/C27H19ClN2O5S/c1-26-21(24(32)33-2)27(26)22(17-8-3-4-9-19(17)35-27)30-23(31)20(36-25(30)29-26)13-16-10-11-18(34-16)14-6-5-7-15(28)12-14/h3-13,21-22H,1-2H3/b20-13-/t21-,22-,26+,27-/m1/s1.